The van der Waals surface area contributed by atoms with Gasteiger partial charge >= 0.3 is 0 Å². The van der Waals surface area contributed by atoms with E-state index in [1.54, 1.807) is 18.2 Å². The van der Waals surface area contributed by atoms with Crippen LogP contribution in [0.15, 0.2) is 42.5 Å². The summed E-state index contributed by atoms with van der Waals surface area (Å²) in [6.45, 7) is -0.159. The zero-order valence-corrected chi connectivity index (χ0v) is 16.4. The third-order valence-corrected chi connectivity index (χ3v) is 4.04. The normalized spacial score (nSPS) is 10.6. The first-order valence-electron chi connectivity index (χ1n) is 8.24. The van der Waals surface area contributed by atoms with Crippen LogP contribution in [0, 0.1) is 5.82 Å². The molecule has 0 radical (unpaired) electrons. The SMILES string of the molecule is COc1cc(/C=C/C(=O)N(C)CC(=O)Nc2ccc(F)cc2)cc(Cl)c1OC. The maximum Gasteiger partial charge on any atom is 0.246 e. The Kier molecular flexibility index (Phi) is 7.40. The summed E-state index contributed by atoms with van der Waals surface area (Å²) in [5, 5.41) is 2.94. The highest BCUT2D eigenvalue weighted by Crippen LogP contribution is 2.36. The molecule has 0 saturated carbocycles. The van der Waals surface area contributed by atoms with Gasteiger partial charge in [0.1, 0.15) is 5.82 Å². The molecule has 0 heterocycles. The Hall–Kier alpha value is -3.06. The van der Waals surface area contributed by atoms with Crippen molar-refractivity contribution in [2.45, 2.75) is 0 Å². The number of benzene rings is 2. The number of methoxy groups -OCH3 is 2. The summed E-state index contributed by atoms with van der Waals surface area (Å²) in [6.07, 6.45) is 2.88. The molecule has 28 heavy (non-hydrogen) atoms. The van der Waals surface area contributed by atoms with Gasteiger partial charge in [-0.1, -0.05) is 11.6 Å². The minimum atomic E-state index is -0.398. The van der Waals surface area contributed by atoms with Crippen molar-refractivity contribution in [1.82, 2.24) is 4.90 Å². The fourth-order valence-electron chi connectivity index (χ4n) is 2.36. The van der Waals surface area contributed by atoms with E-state index in [4.69, 9.17) is 21.1 Å². The van der Waals surface area contributed by atoms with Gasteiger partial charge in [-0.05, 0) is 48.0 Å². The van der Waals surface area contributed by atoms with E-state index in [1.807, 2.05) is 0 Å². The Labute approximate surface area is 167 Å². The molecule has 0 saturated heterocycles. The molecule has 0 bridgehead atoms. The summed E-state index contributed by atoms with van der Waals surface area (Å²) in [7, 11) is 4.47. The van der Waals surface area contributed by atoms with E-state index in [2.05, 4.69) is 5.32 Å². The van der Waals surface area contributed by atoms with Crippen molar-refractivity contribution in [2.24, 2.45) is 0 Å². The Morgan fingerprint density at radius 1 is 1.18 bits per heavy atom. The second-order valence-electron chi connectivity index (χ2n) is 5.82. The van der Waals surface area contributed by atoms with Gasteiger partial charge in [0.05, 0.1) is 25.8 Å². The molecule has 0 aromatic heterocycles. The van der Waals surface area contributed by atoms with E-state index in [0.29, 0.717) is 27.8 Å². The number of rotatable bonds is 7. The molecule has 0 unspecified atom stereocenters. The lowest BCUT2D eigenvalue weighted by Gasteiger charge is -2.15. The highest BCUT2D eigenvalue weighted by Gasteiger charge is 2.12. The number of nitrogens with one attached hydrogen (secondary N) is 1. The second kappa shape index (κ2) is 9.75. The van der Waals surface area contributed by atoms with Crippen molar-refractivity contribution < 1.29 is 23.5 Å². The molecule has 8 heteroatoms. The van der Waals surface area contributed by atoms with Crippen LogP contribution < -0.4 is 14.8 Å². The van der Waals surface area contributed by atoms with Crippen molar-refractivity contribution in [3.63, 3.8) is 0 Å². The third kappa shape index (κ3) is 5.72. The molecule has 2 aromatic carbocycles. The largest absolute Gasteiger partial charge is 0.493 e. The summed E-state index contributed by atoms with van der Waals surface area (Å²) in [6, 6.07) is 8.66. The molecule has 1 N–H and O–H groups in total. The standard InChI is InChI=1S/C20H20ClFN2O4/c1-24(12-18(25)23-15-7-5-14(22)6-8-15)19(26)9-4-13-10-16(21)20(28-3)17(11-13)27-2/h4-11H,12H2,1-3H3,(H,23,25)/b9-4+. The monoisotopic (exact) mass is 406 g/mol. The Morgan fingerprint density at radius 3 is 2.46 bits per heavy atom. The zero-order valence-electron chi connectivity index (χ0n) is 15.7. The highest BCUT2D eigenvalue weighted by molar-refractivity contribution is 6.32. The lowest BCUT2D eigenvalue weighted by Crippen LogP contribution is -2.33. The number of anilines is 1. The van der Waals surface area contributed by atoms with Crippen LogP contribution >= 0.6 is 11.6 Å². The fourth-order valence-corrected chi connectivity index (χ4v) is 2.65. The van der Waals surface area contributed by atoms with Crippen LogP contribution in [0.5, 0.6) is 11.5 Å². The van der Waals surface area contributed by atoms with Crippen LogP contribution in [0.25, 0.3) is 6.08 Å². The lowest BCUT2D eigenvalue weighted by molar-refractivity contribution is -0.129. The Balaban J connectivity index is 1.98. The summed E-state index contributed by atoms with van der Waals surface area (Å²) < 4.78 is 23.3. The number of ether oxygens (including phenoxy) is 2. The quantitative estimate of drug-likeness (QED) is 0.713. The van der Waals surface area contributed by atoms with Crippen molar-refractivity contribution >= 4 is 35.2 Å². The minimum absolute atomic E-state index is 0.159. The lowest BCUT2D eigenvalue weighted by atomic mass is 10.2. The molecule has 2 rings (SSSR count). The van der Waals surface area contributed by atoms with E-state index in [1.165, 1.54) is 56.5 Å². The number of nitrogens with zero attached hydrogens (tertiary/aromatic N) is 1. The number of likely N-dealkylation sites (N-methyl/N-ethyl adjacent to an activating group) is 1. The summed E-state index contributed by atoms with van der Waals surface area (Å²) in [5.41, 5.74) is 1.09. The molecular formula is C20H20ClFN2O4. The minimum Gasteiger partial charge on any atom is -0.493 e. The van der Waals surface area contributed by atoms with Crippen LogP contribution in [0.4, 0.5) is 10.1 Å². The van der Waals surface area contributed by atoms with Crippen molar-refractivity contribution in [2.75, 3.05) is 33.1 Å². The van der Waals surface area contributed by atoms with E-state index >= 15 is 0 Å². The average molecular weight is 407 g/mol. The summed E-state index contributed by atoms with van der Waals surface area (Å²) in [5.74, 6) is -0.327. The fraction of sp³-hybridized carbons (Fsp3) is 0.200. The number of amides is 2. The highest BCUT2D eigenvalue weighted by atomic mass is 35.5. The Bertz CT molecular complexity index is 885. The van der Waals surface area contributed by atoms with E-state index in [-0.39, 0.29) is 12.5 Å². The number of halogens is 2. The topological polar surface area (TPSA) is 67.9 Å². The van der Waals surface area contributed by atoms with Crippen LogP contribution in [0.1, 0.15) is 5.56 Å². The molecule has 0 spiro atoms. The van der Waals surface area contributed by atoms with Gasteiger partial charge in [0, 0.05) is 18.8 Å². The molecular weight excluding hydrogens is 387 g/mol. The van der Waals surface area contributed by atoms with Crippen molar-refractivity contribution in [1.29, 1.82) is 0 Å². The van der Waals surface area contributed by atoms with Gasteiger partial charge in [0.15, 0.2) is 11.5 Å². The predicted octanol–water partition coefficient (Wildman–Crippen LogP) is 3.61. The van der Waals surface area contributed by atoms with Crippen LogP contribution in [0.3, 0.4) is 0 Å². The van der Waals surface area contributed by atoms with E-state index in [9.17, 15) is 14.0 Å². The Morgan fingerprint density at radius 2 is 1.86 bits per heavy atom. The van der Waals surface area contributed by atoms with E-state index in [0.717, 1.165) is 0 Å². The molecule has 0 aliphatic rings. The summed E-state index contributed by atoms with van der Waals surface area (Å²) in [4.78, 5) is 25.5. The average Bonchev–Trinajstić information content (AvgIpc) is 2.67. The second-order valence-corrected chi connectivity index (χ2v) is 6.23. The number of carbonyl (C=O) groups excluding carboxylic acids is 2. The van der Waals surface area contributed by atoms with Gasteiger partial charge in [-0.15, -0.1) is 0 Å². The third-order valence-electron chi connectivity index (χ3n) is 3.76. The van der Waals surface area contributed by atoms with Crippen molar-refractivity contribution in [3.8, 4) is 11.5 Å². The maximum atomic E-state index is 12.9. The molecule has 0 aliphatic carbocycles. The first-order chi connectivity index (χ1) is 13.3. The zero-order chi connectivity index (χ0) is 20.7. The first kappa shape index (κ1) is 21.2. The van der Waals surface area contributed by atoms with E-state index < -0.39 is 11.7 Å². The molecule has 0 atom stereocenters. The number of hydrogen-bond acceptors (Lipinski definition) is 4. The summed E-state index contributed by atoms with van der Waals surface area (Å²) >= 11 is 6.14. The first-order valence-corrected chi connectivity index (χ1v) is 8.62. The van der Waals surface area contributed by atoms with Gasteiger partial charge in [-0.25, -0.2) is 4.39 Å². The van der Waals surface area contributed by atoms with Gasteiger partial charge < -0.3 is 19.7 Å². The van der Waals surface area contributed by atoms with Gasteiger partial charge in [0.2, 0.25) is 11.8 Å². The molecule has 0 aliphatic heterocycles. The van der Waals surface area contributed by atoms with Crippen molar-refractivity contribution in [3.05, 3.63) is 58.9 Å². The smallest absolute Gasteiger partial charge is 0.246 e. The van der Waals surface area contributed by atoms with Crippen LogP contribution in [-0.4, -0.2) is 44.5 Å². The predicted molar refractivity (Wildman–Crippen MR) is 106 cm³/mol. The maximum absolute atomic E-state index is 12.9. The number of carbonyl (C=O) groups is 2. The molecule has 148 valence electrons. The number of hydrogen-bond donors (Lipinski definition) is 1. The molecule has 2 amide bonds. The molecule has 2 aromatic rings. The van der Waals surface area contributed by atoms with Gasteiger partial charge in [0.25, 0.3) is 0 Å². The van der Waals surface area contributed by atoms with Gasteiger partial charge in [-0.2, -0.15) is 0 Å². The van der Waals surface area contributed by atoms with Crippen LogP contribution in [-0.2, 0) is 9.59 Å². The van der Waals surface area contributed by atoms with Crippen LogP contribution in [0.2, 0.25) is 5.02 Å². The molecule has 6 nitrogen and oxygen atoms in total. The molecule has 0 fully saturated rings. The van der Waals surface area contributed by atoms with Gasteiger partial charge in [-0.3, -0.25) is 9.59 Å².